The molecule has 0 aromatic carbocycles. The minimum atomic E-state index is -0.518. The van der Waals surface area contributed by atoms with Crippen molar-refractivity contribution in [3.05, 3.63) is 12.7 Å². The van der Waals surface area contributed by atoms with Gasteiger partial charge in [0.15, 0.2) is 0 Å². The number of carbonyl (C=O) groups is 5. The zero-order valence-corrected chi connectivity index (χ0v) is 46.7. The van der Waals surface area contributed by atoms with Crippen molar-refractivity contribution >= 4 is 30.6 Å². The zero-order valence-electron chi connectivity index (χ0n) is 35.2. The molecule has 0 spiro atoms. The van der Waals surface area contributed by atoms with Crippen LogP contribution < -0.4 is 154 Å². The second-order valence-electron chi connectivity index (χ2n) is 15.6. The van der Waals surface area contributed by atoms with E-state index in [1.54, 1.807) is 0 Å². The van der Waals surface area contributed by atoms with Crippen molar-refractivity contribution in [3.8, 4) is 0 Å². The van der Waals surface area contributed by atoms with E-state index >= 15 is 0 Å². The number of carbonyl (C=O) groups excluding carboxylic acids is 5. The Morgan fingerprint density at radius 3 is 1.48 bits per heavy atom. The standard InChI is InChI=1S/C17H31NO5.C10H19NO3.C7H12O2.CH2O3.2Cs.H/c1-16(2,3)22-14(19)10-11-21-13-9-7-8-12(13)18-15(20)23-17(4,5)6;1-10(2,3)14-9(13)11-7-5-4-6-8(7)12;1-5-6(8)9-7(2,3)4;2-1-4-3;;;/h12-13H,7-11H2,1-6H3,(H,18,20);7-8,12H,4-6H2,1-3H3,(H,11,13);5H,1H2,2-4H3;1,3H;;;/q;;;;2*+1;-1/p-1/t12-,13-;7-,8-;;;;;/m00...../s1. The van der Waals surface area contributed by atoms with Gasteiger partial charge in [0.1, 0.15) is 22.4 Å². The smallest absolute Gasteiger partial charge is 1.00 e. The molecule has 2 aliphatic rings. The first-order valence-electron chi connectivity index (χ1n) is 16.8. The maximum Gasteiger partial charge on any atom is 1.00 e. The molecule has 2 saturated carbocycles. The Morgan fingerprint density at radius 1 is 0.731 bits per heavy atom. The molecule has 294 valence electrons. The SMILES string of the molecule is C=CC(=O)OC(C)(C)C.CC(C)(C)OC(=O)CCO[C@H]1CCC[C@@H]1NC(=O)OC(C)(C)C.CC(C)(C)OC(=O)N[C@H]1CCC[C@@H]1O.O=CO[O-].[Cs+].[Cs+].[H-]. The van der Waals surface area contributed by atoms with Crippen molar-refractivity contribution < 1.29 is 202 Å². The van der Waals surface area contributed by atoms with Crippen LogP contribution in [0.3, 0.4) is 0 Å². The van der Waals surface area contributed by atoms with Gasteiger partial charge in [0.25, 0.3) is 6.47 Å². The first kappa shape index (κ1) is 59.4. The predicted octanol–water partition coefficient (Wildman–Crippen LogP) is -1.33. The van der Waals surface area contributed by atoms with Gasteiger partial charge in [-0.3, -0.25) is 9.59 Å². The van der Waals surface area contributed by atoms with E-state index in [1.165, 1.54) is 0 Å². The third-order valence-corrected chi connectivity index (χ3v) is 6.01. The zero-order chi connectivity index (χ0) is 39.3. The number of esters is 2. The van der Waals surface area contributed by atoms with Gasteiger partial charge >= 0.3 is 162 Å². The summed E-state index contributed by atoms with van der Waals surface area (Å²) in [6.07, 6.45) is 5.28. The Kier molecular flexibility index (Phi) is 34.1. The van der Waals surface area contributed by atoms with E-state index in [1.807, 2.05) is 83.1 Å². The van der Waals surface area contributed by atoms with Gasteiger partial charge in [-0.15, -0.1) is 0 Å². The molecule has 52 heavy (non-hydrogen) atoms. The van der Waals surface area contributed by atoms with Crippen LogP contribution in [-0.4, -0.2) is 89.0 Å². The summed E-state index contributed by atoms with van der Waals surface area (Å²) in [6.45, 7) is 25.3. The summed E-state index contributed by atoms with van der Waals surface area (Å²) in [4.78, 5) is 56.5. The molecule has 2 amide bonds. The van der Waals surface area contributed by atoms with Crippen LogP contribution in [0.15, 0.2) is 12.7 Å². The average Bonchev–Trinajstić information content (AvgIpc) is 3.53. The molecular formula is C35H64Cs2N2O13. The van der Waals surface area contributed by atoms with Gasteiger partial charge in [0.2, 0.25) is 0 Å². The Labute approximate surface area is 430 Å². The minimum absolute atomic E-state index is 0. The monoisotopic (exact) mass is 986 g/mol. The Bertz CT molecular complexity index is 1060. The number of ether oxygens (including phenoxy) is 5. The van der Waals surface area contributed by atoms with Gasteiger partial charge < -0.3 is 51.0 Å². The van der Waals surface area contributed by atoms with Crippen molar-refractivity contribution in [2.75, 3.05) is 6.61 Å². The van der Waals surface area contributed by atoms with Gasteiger partial charge in [-0.25, -0.2) is 14.4 Å². The summed E-state index contributed by atoms with van der Waals surface area (Å²) < 4.78 is 26.2. The average molecular weight is 987 g/mol. The van der Waals surface area contributed by atoms with Gasteiger partial charge in [-0.05, 0) is 122 Å². The summed E-state index contributed by atoms with van der Waals surface area (Å²) in [5.41, 5.74) is -1.88. The molecule has 17 heteroatoms. The number of hydrogen-bond donors (Lipinski definition) is 3. The van der Waals surface area contributed by atoms with Crippen molar-refractivity contribution in [2.24, 2.45) is 0 Å². The van der Waals surface area contributed by atoms with Gasteiger partial charge in [0, 0.05) is 6.08 Å². The van der Waals surface area contributed by atoms with Gasteiger partial charge in [-0.1, -0.05) is 6.58 Å². The van der Waals surface area contributed by atoms with Gasteiger partial charge in [-0.2, -0.15) is 0 Å². The summed E-state index contributed by atoms with van der Waals surface area (Å²) >= 11 is 0. The number of rotatable bonds is 8. The van der Waals surface area contributed by atoms with Crippen molar-refractivity contribution in [1.29, 1.82) is 0 Å². The van der Waals surface area contributed by atoms with Crippen LogP contribution in [-0.2, 0) is 43.0 Å². The fourth-order valence-electron chi connectivity index (χ4n) is 4.35. The summed E-state index contributed by atoms with van der Waals surface area (Å²) in [5.74, 6) is -0.644. The topological polar surface area (TPSA) is 208 Å². The maximum absolute atomic E-state index is 11.8. The first-order valence-corrected chi connectivity index (χ1v) is 16.8. The maximum atomic E-state index is 11.8. The van der Waals surface area contributed by atoms with Crippen molar-refractivity contribution in [3.63, 3.8) is 0 Å². The van der Waals surface area contributed by atoms with Crippen LogP contribution in [0, 0.1) is 0 Å². The first-order chi connectivity index (χ1) is 22.7. The molecule has 0 aromatic rings. The third-order valence-electron chi connectivity index (χ3n) is 6.01. The molecular weight excluding hydrogens is 922 g/mol. The summed E-state index contributed by atoms with van der Waals surface area (Å²) in [6, 6.07) is -0.201. The molecule has 2 aliphatic carbocycles. The molecule has 2 rings (SSSR count). The number of alkyl carbamates (subject to hydrolysis) is 2. The number of nitrogens with one attached hydrogen (secondary N) is 2. The Balaban J connectivity index is -0.000000219. The van der Waals surface area contributed by atoms with E-state index in [2.05, 4.69) is 22.1 Å². The molecule has 3 N–H and O–H groups in total. The number of hydrogen-bond acceptors (Lipinski definition) is 13. The molecule has 2 fully saturated rings. The van der Waals surface area contributed by atoms with Crippen LogP contribution in [0.25, 0.3) is 0 Å². The molecule has 0 unspecified atom stereocenters. The van der Waals surface area contributed by atoms with Crippen molar-refractivity contribution in [1.82, 2.24) is 10.6 Å². The van der Waals surface area contributed by atoms with Crippen LogP contribution in [0.1, 0.15) is 129 Å². The number of amides is 2. The quantitative estimate of drug-likeness (QED) is 0.0645. The Hall–Kier alpha value is 0.674. The van der Waals surface area contributed by atoms with Gasteiger partial charge in [0.05, 0.1) is 37.3 Å². The van der Waals surface area contributed by atoms with Crippen molar-refractivity contribution in [2.45, 2.75) is 175 Å². The molecule has 4 atom stereocenters. The Morgan fingerprint density at radius 2 is 1.13 bits per heavy atom. The molecule has 0 bridgehead atoms. The molecule has 0 radical (unpaired) electrons. The van der Waals surface area contributed by atoms with E-state index in [0.29, 0.717) is 6.61 Å². The van der Waals surface area contributed by atoms with Crippen LogP contribution in [0.4, 0.5) is 9.59 Å². The molecule has 0 aromatic heterocycles. The third kappa shape index (κ3) is 37.6. The largest absolute Gasteiger partial charge is 1.00 e. The summed E-state index contributed by atoms with van der Waals surface area (Å²) in [7, 11) is 0. The van der Waals surface area contributed by atoms with Crippen LogP contribution in [0.2, 0.25) is 0 Å². The van der Waals surface area contributed by atoms with Crippen LogP contribution in [0.5, 0.6) is 0 Å². The summed E-state index contributed by atoms with van der Waals surface area (Å²) in [5, 5.41) is 23.4. The molecule has 0 aliphatic heterocycles. The second kappa shape index (κ2) is 29.8. The number of aliphatic hydroxyl groups is 1. The van der Waals surface area contributed by atoms with E-state index in [9.17, 15) is 24.3 Å². The normalized spacial score (nSPS) is 19.3. The number of aliphatic hydroxyl groups excluding tert-OH is 1. The van der Waals surface area contributed by atoms with E-state index in [4.69, 9.17) is 33.7 Å². The molecule has 15 nitrogen and oxygen atoms in total. The minimum Gasteiger partial charge on any atom is -1.00 e. The fraction of sp³-hybridized carbons (Fsp3) is 0.800. The molecule has 0 saturated heterocycles. The van der Waals surface area contributed by atoms with E-state index in [0.717, 1.165) is 44.6 Å². The second-order valence-corrected chi connectivity index (χ2v) is 15.6. The molecule has 0 heterocycles. The van der Waals surface area contributed by atoms with E-state index in [-0.39, 0.29) is 182 Å². The van der Waals surface area contributed by atoms with E-state index < -0.39 is 40.7 Å². The fourth-order valence-corrected chi connectivity index (χ4v) is 4.35. The predicted molar refractivity (Wildman–Crippen MR) is 185 cm³/mol. The van der Waals surface area contributed by atoms with Crippen LogP contribution >= 0.6 is 0 Å².